The average molecular weight is 478 g/mol. The molecule has 1 spiro atoms. The van der Waals surface area contributed by atoms with Gasteiger partial charge in [0, 0.05) is 24.1 Å². The number of fused-ring (bicyclic) bond motifs is 2. The number of rotatable bonds is 3. The van der Waals surface area contributed by atoms with Gasteiger partial charge in [0.25, 0.3) is 5.91 Å². The van der Waals surface area contributed by atoms with Gasteiger partial charge in [0.05, 0.1) is 35.5 Å². The number of nitrogens with zero attached hydrogens (tertiary/aromatic N) is 2. The Bertz CT molecular complexity index is 1330. The molecule has 3 heterocycles. The topological polar surface area (TPSA) is 97.8 Å². The maximum Gasteiger partial charge on any atom is 0.412 e. The van der Waals surface area contributed by atoms with Crippen molar-refractivity contribution >= 4 is 35.4 Å². The van der Waals surface area contributed by atoms with E-state index in [1.807, 2.05) is 12.1 Å². The molecule has 0 aliphatic carbocycles. The summed E-state index contributed by atoms with van der Waals surface area (Å²) in [5, 5.41) is 2.79. The van der Waals surface area contributed by atoms with E-state index < -0.39 is 11.7 Å². The lowest BCUT2D eigenvalue weighted by Crippen LogP contribution is -2.34. The number of ether oxygens (including phenoxy) is 2. The van der Waals surface area contributed by atoms with Crippen molar-refractivity contribution in [1.29, 1.82) is 0 Å². The van der Waals surface area contributed by atoms with Crippen LogP contribution in [0.4, 0.5) is 10.6 Å². The number of hydrogen-bond acceptors (Lipinski definition) is 6. The third-order valence-corrected chi connectivity index (χ3v) is 6.42. The highest BCUT2D eigenvalue weighted by Crippen LogP contribution is 2.43. The molecule has 8 nitrogen and oxygen atoms in total. The number of amides is 2. The molecule has 2 aliphatic heterocycles. The van der Waals surface area contributed by atoms with Gasteiger partial charge in [0.2, 0.25) is 0 Å². The molecule has 0 radical (unpaired) electrons. The molecule has 5 rings (SSSR count). The van der Waals surface area contributed by atoms with Crippen LogP contribution in [0.1, 0.15) is 32.7 Å². The van der Waals surface area contributed by atoms with Crippen molar-refractivity contribution in [3.63, 3.8) is 0 Å². The molecule has 0 bridgehead atoms. The second kappa shape index (κ2) is 8.46. The Morgan fingerprint density at radius 1 is 1.15 bits per heavy atom. The first-order valence-corrected chi connectivity index (χ1v) is 11.0. The standard InChI is InChI=1S/C25H20ClN3O5/c1-33-24(32)28-21-8-4-7-20(27-21)15-9-10-17(19(26)13-15)22(30)29-12-11-25(14-29)18-6-3-2-5-16(18)23(31)34-25/h2-10,13H,11-12,14H2,1H3,(H,27,28,32)/t25-/m0/s1. The van der Waals surface area contributed by atoms with Gasteiger partial charge in [-0.05, 0) is 30.3 Å². The van der Waals surface area contributed by atoms with Crippen LogP contribution in [0.2, 0.25) is 5.02 Å². The van der Waals surface area contributed by atoms with Crippen LogP contribution >= 0.6 is 11.6 Å². The number of carbonyl (C=O) groups is 3. The predicted molar refractivity (Wildman–Crippen MR) is 125 cm³/mol. The van der Waals surface area contributed by atoms with Gasteiger partial charge in [-0.1, -0.05) is 41.9 Å². The van der Waals surface area contributed by atoms with Crippen LogP contribution in [0.15, 0.2) is 60.7 Å². The highest BCUT2D eigenvalue weighted by atomic mass is 35.5. The van der Waals surface area contributed by atoms with E-state index in [1.165, 1.54) is 7.11 Å². The Morgan fingerprint density at radius 2 is 1.97 bits per heavy atom. The van der Waals surface area contributed by atoms with E-state index in [2.05, 4.69) is 15.0 Å². The van der Waals surface area contributed by atoms with E-state index in [1.54, 1.807) is 53.4 Å². The number of methoxy groups -OCH3 is 1. The number of aromatic nitrogens is 1. The molecule has 3 aromatic rings. The smallest absolute Gasteiger partial charge is 0.412 e. The van der Waals surface area contributed by atoms with Crippen LogP contribution in [0.25, 0.3) is 11.3 Å². The SMILES string of the molecule is COC(=O)Nc1cccc(-c2ccc(C(=O)N3CC[C@@]4(C3)OC(=O)c3ccccc34)c(Cl)c2)n1. The Labute approximate surface area is 200 Å². The summed E-state index contributed by atoms with van der Waals surface area (Å²) >= 11 is 6.50. The summed E-state index contributed by atoms with van der Waals surface area (Å²) in [6.07, 6.45) is -0.0937. The minimum absolute atomic E-state index is 0.233. The molecule has 34 heavy (non-hydrogen) atoms. The van der Waals surface area contributed by atoms with Crippen molar-refractivity contribution in [2.75, 3.05) is 25.5 Å². The number of hydrogen-bond donors (Lipinski definition) is 1. The molecule has 1 aromatic heterocycles. The zero-order valence-electron chi connectivity index (χ0n) is 18.2. The first kappa shape index (κ1) is 21.9. The van der Waals surface area contributed by atoms with E-state index in [9.17, 15) is 14.4 Å². The zero-order chi connectivity index (χ0) is 23.9. The van der Waals surface area contributed by atoms with Crippen LogP contribution in [0.3, 0.4) is 0 Å². The number of nitrogens with one attached hydrogen (secondary N) is 1. The number of anilines is 1. The molecule has 2 aliphatic rings. The summed E-state index contributed by atoms with van der Waals surface area (Å²) in [6.45, 7) is 0.719. The number of halogens is 1. The summed E-state index contributed by atoms with van der Waals surface area (Å²) in [7, 11) is 1.27. The number of pyridine rings is 1. The third-order valence-electron chi connectivity index (χ3n) is 6.10. The molecule has 0 unspecified atom stereocenters. The molecule has 1 saturated heterocycles. The lowest BCUT2D eigenvalue weighted by Gasteiger charge is -2.24. The first-order valence-electron chi connectivity index (χ1n) is 10.6. The number of likely N-dealkylation sites (tertiary alicyclic amines) is 1. The molecule has 0 saturated carbocycles. The van der Waals surface area contributed by atoms with Crippen molar-refractivity contribution in [1.82, 2.24) is 9.88 Å². The molecule has 1 fully saturated rings. The van der Waals surface area contributed by atoms with E-state index in [0.717, 1.165) is 5.56 Å². The largest absolute Gasteiger partial charge is 0.453 e. The molecule has 2 aromatic carbocycles. The van der Waals surface area contributed by atoms with Crippen molar-refractivity contribution in [3.8, 4) is 11.3 Å². The predicted octanol–water partition coefficient (Wildman–Crippen LogP) is 4.49. The van der Waals surface area contributed by atoms with Gasteiger partial charge in [0.15, 0.2) is 5.60 Å². The van der Waals surface area contributed by atoms with E-state index in [-0.39, 0.29) is 23.4 Å². The van der Waals surface area contributed by atoms with Gasteiger partial charge in [-0.3, -0.25) is 10.1 Å². The van der Waals surface area contributed by atoms with E-state index in [4.69, 9.17) is 16.3 Å². The summed E-state index contributed by atoms with van der Waals surface area (Å²) in [5.74, 6) is -0.263. The van der Waals surface area contributed by atoms with Crippen molar-refractivity contribution in [2.24, 2.45) is 0 Å². The van der Waals surface area contributed by atoms with E-state index >= 15 is 0 Å². The van der Waals surface area contributed by atoms with Gasteiger partial charge in [-0.15, -0.1) is 0 Å². The van der Waals surface area contributed by atoms with Crippen LogP contribution in [-0.2, 0) is 15.1 Å². The second-order valence-corrected chi connectivity index (χ2v) is 8.53. The summed E-state index contributed by atoms with van der Waals surface area (Å²) in [4.78, 5) is 43.1. The maximum absolute atomic E-state index is 13.3. The lowest BCUT2D eigenvalue weighted by atomic mass is 9.91. The Balaban J connectivity index is 1.36. The Kier molecular flexibility index (Phi) is 5.45. The van der Waals surface area contributed by atoms with Gasteiger partial charge in [-0.25, -0.2) is 14.6 Å². The molecule has 9 heteroatoms. The Hall–Kier alpha value is -3.91. The molecule has 1 N–H and O–H groups in total. The van der Waals surface area contributed by atoms with Gasteiger partial charge in [0.1, 0.15) is 5.82 Å². The highest BCUT2D eigenvalue weighted by Gasteiger charge is 2.51. The summed E-state index contributed by atoms with van der Waals surface area (Å²) < 4.78 is 10.3. The van der Waals surface area contributed by atoms with Gasteiger partial charge in [-0.2, -0.15) is 0 Å². The van der Waals surface area contributed by atoms with Crippen LogP contribution in [0, 0.1) is 0 Å². The number of benzene rings is 2. The molecule has 2 amide bonds. The minimum Gasteiger partial charge on any atom is -0.453 e. The van der Waals surface area contributed by atoms with Crippen molar-refractivity contribution < 1.29 is 23.9 Å². The average Bonchev–Trinajstić information content (AvgIpc) is 3.40. The van der Waals surface area contributed by atoms with Crippen molar-refractivity contribution in [2.45, 2.75) is 12.0 Å². The quantitative estimate of drug-likeness (QED) is 0.558. The molecule has 172 valence electrons. The highest BCUT2D eigenvalue weighted by molar-refractivity contribution is 6.34. The normalized spacial score (nSPS) is 18.5. The molecular weight excluding hydrogens is 458 g/mol. The van der Waals surface area contributed by atoms with Crippen LogP contribution < -0.4 is 5.32 Å². The summed E-state index contributed by atoms with van der Waals surface area (Å²) in [5.41, 5.74) is 2.17. The Morgan fingerprint density at radius 3 is 2.76 bits per heavy atom. The number of esters is 1. The lowest BCUT2D eigenvalue weighted by molar-refractivity contribution is -0.00306. The molecule has 1 atom stereocenters. The second-order valence-electron chi connectivity index (χ2n) is 8.13. The fraction of sp³-hybridized carbons (Fsp3) is 0.200. The first-order chi connectivity index (χ1) is 16.4. The van der Waals surface area contributed by atoms with Gasteiger partial charge >= 0.3 is 12.1 Å². The third kappa shape index (κ3) is 3.76. The van der Waals surface area contributed by atoms with Crippen molar-refractivity contribution in [3.05, 3.63) is 82.4 Å². The number of carbonyl (C=O) groups excluding carboxylic acids is 3. The zero-order valence-corrected chi connectivity index (χ0v) is 19.0. The minimum atomic E-state index is -0.813. The van der Waals surface area contributed by atoms with Crippen LogP contribution in [-0.4, -0.2) is 48.1 Å². The maximum atomic E-state index is 13.3. The van der Waals surface area contributed by atoms with E-state index in [0.29, 0.717) is 41.2 Å². The van der Waals surface area contributed by atoms with Crippen LogP contribution in [0.5, 0.6) is 0 Å². The summed E-state index contributed by atoms with van der Waals surface area (Å²) in [6, 6.07) is 17.5. The monoisotopic (exact) mass is 477 g/mol. The van der Waals surface area contributed by atoms with Gasteiger partial charge < -0.3 is 14.4 Å². The molecular formula is C25H20ClN3O5. The fourth-order valence-electron chi connectivity index (χ4n) is 4.44. The fourth-order valence-corrected chi connectivity index (χ4v) is 4.70.